The molecular formula is C14H7ClF6N2. The molecule has 0 saturated carbocycles. The summed E-state index contributed by atoms with van der Waals surface area (Å²) in [5.74, 6) is 0. The van der Waals surface area contributed by atoms with E-state index in [-0.39, 0.29) is 16.4 Å². The predicted molar refractivity (Wildman–Crippen MR) is 72.1 cm³/mol. The Morgan fingerprint density at radius 2 is 1.22 bits per heavy atom. The Morgan fingerprint density at radius 3 is 1.70 bits per heavy atom. The van der Waals surface area contributed by atoms with Crippen LogP contribution < -0.4 is 0 Å². The Balaban J connectivity index is 2.20. The first kappa shape index (κ1) is 17.3. The average Bonchev–Trinajstić information content (AvgIpc) is 2.44. The minimum absolute atomic E-state index is 0.0282. The molecule has 0 amide bonds. The van der Waals surface area contributed by atoms with Gasteiger partial charge in [-0.1, -0.05) is 11.6 Å². The van der Waals surface area contributed by atoms with E-state index in [1.807, 2.05) is 0 Å². The molecule has 0 spiro atoms. The zero-order chi connectivity index (χ0) is 17.3. The van der Waals surface area contributed by atoms with Crippen molar-refractivity contribution >= 4 is 23.0 Å². The van der Waals surface area contributed by atoms with E-state index in [0.717, 1.165) is 36.4 Å². The Labute approximate surface area is 131 Å². The quantitative estimate of drug-likeness (QED) is 0.420. The fourth-order valence-electron chi connectivity index (χ4n) is 1.59. The summed E-state index contributed by atoms with van der Waals surface area (Å²) in [6.45, 7) is 0. The SMILES string of the molecule is FC(F)(F)c1ccc(N=Nc2ccc(C(F)(F)F)cc2Cl)cc1. The lowest BCUT2D eigenvalue weighted by Gasteiger charge is -2.07. The van der Waals surface area contributed by atoms with Crippen LogP contribution in [0.1, 0.15) is 11.1 Å². The van der Waals surface area contributed by atoms with Gasteiger partial charge in [0, 0.05) is 0 Å². The smallest absolute Gasteiger partial charge is 0.166 e. The van der Waals surface area contributed by atoms with Gasteiger partial charge in [0.25, 0.3) is 0 Å². The summed E-state index contributed by atoms with van der Waals surface area (Å²) in [5.41, 5.74) is -1.70. The van der Waals surface area contributed by atoms with Crippen LogP contribution >= 0.6 is 11.6 Å². The molecule has 0 N–H and O–H groups in total. The third-order valence-electron chi connectivity index (χ3n) is 2.74. The maximum absolute atomic E-state index is 12.5. The Kier molecular flexibility index (Phi) is 4.65. The molecule has 2 aromatic rings. The second-order valence-electron chi connectivity index (χ2n) is 4.41. The topological polar surface area (TPSA) is 24.7 Å². The van der Waals surface area contributed by atoms with Gasteiger partial charge in [0.2, 0.25) is 0 Å². The molecule has 122 valence electrons. The number of azo groups is 1. The van der Waals surface area contributed by atoms with Gasteiger partial charge < -0.3 is 0 Å². The first-order chi connectivity index (χ1) is 10.6. The van der Waals surface area contributed by atoms with Gasteiger partial charge in [-0.3, -0.25) is 0 Å². The standard InChI is InChI=1S/C14H7ClF6N2/c15-11-7-9(14(19,20)21)3-6-12(11)23-22-10-4-1-8(2-5-10)13(16,17)18/h1-7H. The lowest BCUT2D eigenvalue weighted by Crippen LogP contribution is -2.04. The van der Waals surface area contributed by atoms with Crippen molar-refractivity contribution in [1.29, 1.82) is 0 Å². The van der Waals surface area contributed by atoms with Gasteiger partial charge in [0.05, 0.1) is 21.8 Å². The maximum Gasteiger partial charge on any atom is 0.416 e. The molecule has 0 saturated heterocycles. The summed E-state index contributed by atoms with van der Waals surface area (Å²) in [7, 11) is 0. The van der Waals surface area contributed by atoms with E-state index >= 15 is 0 Å². The molecular weight excluding hydrogens is 346 g/mol. The molecule has 0 heterocycles. The van der Waals surface area contributed by atoms with Crippen molar-refractivity contribution in [3.63, 3.8) is 0 Å². The third-order valence-corrected chi connectivity index (χ3v) is 3.05. The van der Waals surface area contributed by atoms with Gasteiger partial charge in [-0.05, 0) is 42.5 Å². The lowest BCUT2D eigenvalue weighted by molar-refractivity contribution is -0.138. The van der Waals surface area contributed by atoms with Gasteiger partial charge in [-0.25, -0.2) is 0 Å². The van der Waals surface area contributed by atoms with Crippen molar-refractivity contribution in [3.05, 3.63) is 58.6 Å². The van der Waals surface area contributed by atoms with Crippen molar-refractivity contribution < 1.29 is 26.3 Å². The van der Waals surface area contributed by atoms with Crippen molar-refractivity contribution in [3.8, 4) is 0 Å². The highest BCUT2D eigenvalue weighted by molar-refractivity contribution is 6.33. The summed E-state index contributed by atoms with van der Waals surface area (Å²) in [6.07, 6.45) is -9.00. The molecule has 0 fully saturated rings. The van der Waals surface area contributed by atoms with E-state index in [4.69, 9.17) is 11.6 Å². The van der Waals surface area contributed by atoms with Crippen molar-refractivity contribution in [2.75, 3.05) is 0 Å². The number of hydrogen-bond donors (Lipinski definition) is 0. The maximum atomic E-state index is 12.5. The Hall–Kier alpha value is -2.09. The Morgan fingerprint density at radius 1 is 0.696 bits per heavy atom. The molecule has 2 rings (SSSR count). The summed E-state index contributed by atoms with van der Waals surface area (Å²) in [5, 5.41) is 7.01. The van der Waals surface area contributed by atoms with Crippen LogP contribution in [0.4, 0.5) is 37.7 Å². The van der Waals surface area contributed by atoms with Gasteiger partial charge >= 0.3 is 12.4 Å². The van der Waals surface area contributed by atoms with Crippen LogP contribution in [0.25, 0.3) is 0 Å². The minimum atomic E-state index is -4.53. The first-order valence-corrected chi connectivity index (χ1v) is 6.41. The van der Waals surface area contributed by atoms with Crippen LogP contribution in [0.15, 0.2) is 52.7 Å². The van der Waals surface area contributed by atoms with E-state index < -0.39 is 23.5 Å². The van der Waals surface area contributed by atoms with Crippen LogP contribution in [0.3, 0.4) is 0 Å². The molecule has 0 unspecified atom stereocenters. The second-order valence-corrected chi connectivity index (χ2v) is 4.82. The summed E-state index contributed by atoms with van der Waals surface area (Å²) >= 11 is 5.68. The van der Waals surface area contributed by atoms with E-state index in [2.05, 4.69) is 10.2 Å². The van der Waals surface area contributed by atoms with Gasteiger partial charge in [-0.2, -0.15) is 31.5 Å². The molecule has 9 heteroatoms. The molecule has 23 heavy (non-hydrogen) atoms. The van der Waals surface area contributed by atoms with Crippen LogP contribution in [-0.4, -0.2) is 0 Å². The number of nitrogens with zero attached hydrogens (tertiary/aromatic N) is 2. The first-order valence-electron chi connectivity index (χ1n) is 6.03. The normalized spacial score (nSPS) is 12.8. The molecule has 2 aromatic carbocycles. The highest BCUT2D eigenvalue weighted by Gasteiger charge is 2.31. The van der Waals surface area contributed by atoms with E-state index in [1.165, 1.54) is 0 Å². The summed E-state index contributed by atoms with van der Waals surface area (Å²) < 4.78 is 74.6. The molecule has 0 aliphatic rings. The van der Waals surface area contributed by atoms with Crippen molar-refractivity contribution in [1.82, 2.24) is 0 Å². The van der Waals surface area contributed by atoms with Crippen LogP contribution in [0, 0.1) is 0 Å². The molecule has 0 radical (unpaired) electrons. The van der Waals surface area contributed by atoms with Crippen LogP contribution in [0.5, 0.6) is 0 Å². The molecule has 2 nitrogen and oxygen atoms in total. The number of rotatable bonds is 2. The fraction of sp³-hybridized carbons (Fsp3) is 0.143. The van der Waals surface area contributed by atoms with Gasteiger partial charge in [0.1, 0.15) is 5.69 Å². The Bertz CT molecular complexity index is 720. The number of hydrogen-bond acceptors (Lipinski definition) is 2. The minimum Gasteiger partial charge on any atom is -0.166 e. The zero-order valence-corrected chi connectivity index (χ0v) is 11.8. The molecule has 0 aliphatic heterocycles. The number of benzene rings is 2. The van der Waals surface area contributed by atoms with E-state index in [9.17, 15) is 26.3 Å². The highest BCUT2D eigenvalue weighted by Crippen LogP contribution is 2.35. The predicted octanol–water partition coefficient (Wildman–Crippen LogP) is 6.79. The summed E-state index contributed by atoms with van der Waals surface area (Å²) in [4.78, 5) is 0. The number of alkyl halides is 6. The lowest BCUT2D eigenvalue weighted by atomic mass is 10.2. The van der Waals surface area contributed by atoms with Crippen molar-refractivity contribution in [2.24, 2.45) is 10.2 Å². The van der Waals surface area contributed by atoms with E-state index in [0.29, 0.717) is 6.07 Å². The van der Waals surface area contributed by atoms with Gasteiger partial charge in [0.15, 0.2) is 0 Å². The molecule has 0 aliphatic carbocycles. The third kappa shape index (κ3) is 4.44. The van der Waals surface area contributed by atoms with Crippen LogP contribution in [-0.2, 0) is 12.4 Å². The molecule has 0 atom stereocenters. The molecule has 0 bridgehead atoms. The zero-order valence-electron chi connectivity index (χ0n) is 11.1. The largest absolute Gasteiger partial charge is 0.416 e. The molecule has 0 aromatic heterocycles. The summed E-state index contributed by atoms with van der Waals surface area (Å²) in [6, 6.07) is 6.33. The second kappa shape index (κ2) is 6.19. The van der Waals surface area contributed by atoms with Gasteiger partial charge in [-0.15, -0.1) is 5.11 Å². The average molecular weight is 353 g/mol. The fourth-order valence-corrected chi connectivity index (χ4v) is 1.81. The van der Waals surface area contributed by atoms with E-state index in [1.54, 1.807) is 0 Å². The highest BCUT2D eigenvalue weighted by atomic mass is 35.5. The number of halogens is 7. The van der Waals surface area contributed by atoms with Crippen molar-refractivity contribution in [2.45, 2.75) is 12.4 Å². The van der Waals surface area contributed by atoms with Crippen LogP contribution in [0.2, 0.25) is 5.02 Å². The monoisotopic (exact) mass is 352 g/mol.